The van der Waals surface area contributed by atoms with Crippen molar-refractivity contribution < 1.29 is 41.6 Å². The first-order valence-corrected chi connectivity index (χ1v) is 15.6. The summed E-state index contributed by atoms with van der Waals surface area (Å²) in [5, 5.41) is 0.732. The van der Waals surface area contributed by atoms with E-state index >= 15 is 0 Å². The van der Waals surface area contributed by atoms with Crippen molar-refractivity contribution in [2.45, 2.75) is 56.6 Å². The number of rotatable bonds is 15. The van der Waals surface area contributed by atoms with E-state index in [4.69, 9.17) is 28.4 Å². The molecule has 1 saturated heterocycles. The Hall–Kier alpha value is -2.50. The van der Waals surface area contributed by atoms with Gasteiger partial charge in [0.15, 0.2) is 32.8 Å². The molecule has 216 valence electrons. The number of ketones is 1. The summed E-state index contributed by atoms with van der Waals surface area (Å²) in [6, 6.07) is 7.05. The van der Waals surface area contributed by atoms with Crippen LogP contribution >= 0.6 is 15.9 Å². The molecule has 0 saturated carbocycles. The van der Waals surface area contributed by atoms with Gasteiger partial charge in [-0.1, -0.05) is 22.9 Å². The van der Waals surface area contributed by atoms with Crippen molar-refractivity contribution in [1.29, 1.82) is 0 Å². The molecule has 0 spiro atoms. The minimum Gasteiger partial charge on any atom is -0.493 e. The molecule has 1 aliphatic heterocycles. The predicted molar refractivity (Wildman–Crippen MR) is 151 cm³/mol. The van der Waals surface area contributed by atoms with Crippen molar-refractivity contribution in [3.05, 3.63) is 35.4 Å². The zero-order chi connectivity index (χ0) is 28.6. The number of ether oxygens (including phenoxy) is 6. The van der Waals surface area contributed by atoms with Crippen molar-refractivity contribution in [3.8, 4) is 28.7 Å². The van der Waals surface area contributed by atoms with Crippen molar-refractivity contribution in [1.82, 2.24) is 0 Å². The van der Waals surface area contributed by atoms with Crippen molar-refractivity contribution in [3.63, 3.8) is 0 Å². The molecule has 0 unspecified atom stereocenters. The second kappa shape index (κ2) is 14.2. The van der Waals surface area contributed by atoms with Gasteiger partial charge in [-0.05, 0) is 68.0 Å². The highest BCUT2D eigenvalue weighted by Gasteiger charge is 2.33. The number of sulfone groups is 1. The van der Waals surface area contributed by atoms with Crippen molar-refractivity contribution >= 4 is 31.6 Å². The smallest absolute Gasteiger partial charge is 0.203 e. The number of halogens is 1. The maximum absolute atomic E-state index is 13.3. The lowest BCUT2D eigenvalue weighted by Gasteiger charge is -2.21. The van der Waals surface area contributed by atoms with Crippen LogP contribution < -0.4 is 23.7 Å². The number of hydrogen-bond donors (Lipinski definition) is 0. The van der Waals surface area contributed by atoms with Gasteiger partial charge in [0.1, 0.15) is 16.4 Å². The highest BCUT2D eigenvalue weighted by molar-refractivity contribution is 9.09. The number of benzene rings is 2. The van der Waals surface area contributed by atoms with Crippen LogP contribution in [0.3, 0.4) is 0 Å². The fourth-order valence-electron chi connectivity index (χ4n) is 4.46. The average molecular weight is 630 g/mol. The normalized spacial score (nSPS) is 17.1. The maximum Gasteiger partial charge on any atom is 0.203 e. The highest BCUT2D eigenvalue weighted by Crippen LogP contribution is 2.48. The minimum atomic E-state index is -3.98. The van der Waals surface area contributed by atoms with Gasteiger partial charge in [0.2, 0.25) is 5.75 Å². The lowest BCUT2D eigenvalue weighted by Crippen LogP contribution is -2.16. The number of Topliss-reactive ketones (excluding diaryl/α,β-unsaturated/α-hetero) is 1. The van der Waals surface area contributed by atoms with E-state index in [1.165, 1.54) is 6.92 Å². The molecule has 0 aliphatic carbocycles. The van der Waals surface area contributed by atoms with E-state index in [9.17, 15) is 13.2 Å². The lowest BCUT2D eigenvalue weighted by molar-refractivity contribution is -0.114. The van der Waals surface area contributed by atoms with Crippen LogP contribution in [0.5, 0.6) is 28.7 Å². The Labute approximate surface area is 239 Å². The van der Waals surface area contributed by atoms with Gasteiger partial charge in [-0.2, -0.15) is 0 Å². The molecule has 39 heavy (non-hydrogen) atoms. The van der Waals surface area contributed by atoms with Gasteiger partial charge in [-0.15, -0.1) is 0 Å². The third kappa shape index (κ3) is 7.58. The van der Waals surface area contributed by atoms with Gasteiger partial charge in [-0.3, -0.25) is 4.79 Å². The largest absolute Gasteiger partial charge is 0.493 e. The topological polar surface area (TPSA) is 107 Å². The Morgan fingerprint density at radius 2 is 1.49 bits per heavy atom. The average Bonchev–Trinajstić information content (AvgIpc) is 3.41. The van der Waals surface area contributed by atoms with Crippen molar-refractivity contribution in [2.24, 2.45) is 0 Å². The molecule has 11 heteroatoms. The van der Waals surface area contributed by atoms with Gasteiger partial charge >= 0.3 is 0 Å². The summed E-state index contributed by atoms with van der Waals surface area (Å²) in [7, 11) is 0.678. The summed E-state index contributed by atoms with van der Waals surface area (Å²) >= 11 is 3.39. The molecule has 1 fully saturated rings. The molecule has 0 radical (unpaired) electrons. The van der Waals surface area contributed by atoms with Crippen LogP contribution in [0.4, 0.5) is 0 Å². The zero-order valence-corrected chi connectivity index (χ0v) is 25.5. The van der Waals surface area contributed by atoms with Crippen molar-refractivity contribution in [2.75, 3.05) is 45.6 Å². The fourth-order valence-corrected chi connectivity index (χ4v) is 6.14. The second-order valence-corrected chi connectivity index (χ2v) is 11.9. The van der Waals surface area contributed by atoms with Crippen LogP contribution in [0.15, 0.2) is 29.2 Å². The molecule has 2 aromatic rings. The summed E-state index contributed by atoms with van der Waals surface area (Å²) in [6.07, 6.45) is 2.04. The molecule has 2 aromatic carbocycles. The Morgan fingerprint density at radius 1 is 0.897 bits per heavy atom. The number of hydrogen-bond acceptors (Lipinski definition) is 9. The first-order valence-electron chi connectivity index (χ1n) is 12.9. The minimum absolute atomic E-state index is 0.0580. The predicted octanol–water partition coefficient (Wildman–Crippen LogP) is 5.62. The number of carbonyl (C=O) groups is 1. The molecule has 0 amide bonds. The van der Waals surface area contributed by atoms with E-state index in [0.29, 0.717) is 61.0 Å². The molecular formula is C28H37BrO9S. The van der Waals surface area contributed by atoms with E-state index in [0.717, 1.165) is 17.3 Å². The lowest BCUT2D eigenvalue weighted by atomic mass is 10.0. The quantitative estimate of drug-likeness (QED) is 0.183. The standard InChI is InChI=1S/C28H37BrO9S/c1-6-11-37-28-25(36-12-7-10-29)15-20(16-26(28)39(31,32)17-18(2)30)22-9-8-21(38-22)19-13-23(33-3)27(35-5)24(14-19)34-4/h13-16,21-22H,6-12,17H2,1-5H3/t21-,22-/m0/s1. The summed E-state index contributed by atoms with van der Waals surface area (Å²) in [5.41, 5.74) is 1.50. The second-order valence-electron chi connectivity index (χ2n) is 9.20. The van der Waals surface area contributed by atoms with Gasteiger partial charge in [-0.25, -0.2) is 8.42 Å². The molecule has 9 nitrogen and oxygen atoms in total. The van der Waals surface area contributed by atoms with Gasteiger partial charge < -0.3 is 28.4 Å². The Bertz CT molecular complexity index is 1220. The Morgan fingerprint density at radius 3 is 2.00 bits per heavy atom. The number of alkyl halides is 1. The number of carbonyl (C=O) groups excluding carboxylic acids is 1. The summed E-state index contributed by atoms with van der Waals surface area (Å²) in [4.78, 5) is 11.8. The van der Waals surface area contributed by atoms with Crippen LogP contribution in [-0.4, -0.2) is 59.8 Å². The van der Waals surface area contributed by atoms with Crippen LogP contribution in [0.25, 0.3) is 0 Å². The fraction of sp³-hybridized carbons (Fsp3) is 0.536. The van der Waals surface area contributed by atoms with Gasteiger partial charge in [0.05, 0.1) is 46.8 Å². The van der Waals surface area contributed by atoms with Gasteiger partial charge in [0.25, 0.3) is 0 Å². The van der Waals surface area contributed by atoms with E-state index < -0.39 is 27.5 Å². The highest BCUT2D eigenvalue weighted by atomic mass is 79.9. The summed E-state index contributed by atoms with van der Waals surface area (Å²) in [6.45, 7) is 3.85. The van der Waals surface area contributed by atoms with Crippen LogP contribution in [0, 0.1) is 0 Å². The summed E-state index contributed by atoms with van der Waals surface area (Å²) < 4.78 is 61.4. The van der Waals surface area contributed by atoms with E-state index in [1.54, 1.807) is 33.5 Å². The third-order valence-electron chi connectivity index (χ3n) is 6.21. The van der Waals surface area contributed by atoms with Crippen LogP contribution in [0.1, 0.15) is 62.9 Å². The monoisotopic (exact) mass is 628 g/mol. The molecule has 2 atom stereocenters. The molecule has 0 aromatic heterocycles. The first-order chi connectivity index (χ1) is 18.7. The van der Waals surface area contributed by atoms with Crippen LogP contribution in [-0.2, 0) is 19.4 Å². The first kappa shape index (κ1) is 31.0. The Kier molecular flexibility index (Phi) is 11.3. The molecule has 0 bridgehead atoms. The zero-order valence-electron chi connectivity index (χ0n) is 23.1. The van der Waals surface area contributed by atoms with E-state index in [1.807, 2.05) is 19.1 Å². The molecular weight excluding hydrogens is 592 g/mol. The third-order valence-corrected chi connectivity index (χ3v) is 8.53. The molecule has 0 N–H and O–H groups in total. The molecule has 3 rings (SSSR count). The molecule has 1 aliphatic rings. The number of methoxy groups -OCH3 is 3. The SMILES string of the molecule is CCCOc1c(OCCCBr)cc([C@@H]2CC[C@@H](c3cc(OC)c(OC)c(OC)c3)O2)cc1S(=O)(=O)CC(C)=O. The Balaban J connectivity index is 2.03. The maximum atomic E-state index is 13.3. The summed E-state index contributed by atoms with van der Waals surface area (Å²) in [5.74, 6) is 0.918. The van der Waals surface area contributed by atoms with E-state index in [2.05, 4.69) is 15.9 Å². The van der Waals surface area contributed by atoms with Crippen LogP contribution in [0.2, 0.25) is 0 Å². The molecule has 1 heterocycles. The van der Waals surface area contributed by atoms with Gasteiger partial charge in [0, 0.05) is 5.33 Å². The van der Waals surface area contributed by atoms with E-state index in [-0.39, 0.29) is 16.7 Å².